The first kappa shape index (κ1) is 16.0. The van der Waals surface area contributed by atoms with E-state index in [1.165, 1.54) is 16.9 Å². The largest absolute Gasteiger partial charge is 0.317 e. The summed E-state index contributed by atoms with van der Waals surface area (Å²) in [5.41, 5.74) is 3.23. The van der Waals surface area contributed by atoms with E-state index in [0.717, 1.165) is 27.1 Å². The molecular weight excluding hydrogens is 328 g/mol. The van der Waals surface area contributed by atoms with Gasteiger partial charge in [0.15, 0.2) is 4.80 Å². The van der Waals surface area contributed by atoms with Gasteiger partial charge >= 0.3 is 0 Å². The molecule has 0 spiro atoms. The lowest BCUT2D eigenvalue weighted by molar-refractivity contribution is -0.117. The van der Waals surface area contributed by atoms with Crippen molar-refractivity contribution in [3.63, 3.8) is 0 Å². The van der Waals surface area contributed by atoms with Crippen LogP contribution in [0.2, 0.25) is 5.02 Å². The maximum atomic E-state index is 12.3. The van der Waals surface area contributed by atoms with Crippen molar-refractivity contribution in [1.82, 2.24) is 4.57 Å². The summed E-state index contributed by atoms with van der Waals surface area (Å²) in [4.78, 5) is 17.3. The number of carbonyl (C=O) groups excluding carboxylic acids is 1. The number of hydrogen-bond acceptors (Lipinski definition) is 2. The minimum Gasteiger partial charge on any atom is -0.317 e. The first-order chi connectivity index (χ1) is 11.1. The van der Waals surface area contributed by atoms with Crippen LogP contribution >= 0.6 is 22.9 Å². The maximum absolute atomic E-state index is 12.3. The van der Waals surface area contributed by atoms with Crippen LogP contribution in [0, 0.1) is 6.92 Å². The molecule has 0 saturated heterocycles. The average Bonchev–Trinajstić information content (AvgIpc) is 2.85. The standard InChI is InChI=1S/C18H17ClN2OS/c1-3-21-15-9-8-14(19)11-16(15)23-18(21)20-17(22)10-13-6-4-12(2)5-7-13/h4-9,11H,3,10H2,1-2H3. The van der Waals surface area contributed by atoms with E-state index in [2.05, 4.69) is 4.99 Å². The monoisotopic (exact) mass is 344 g/mol. The number of benzene rings is 2. The Morgan fingerprint density at radius 1 is 1.22 bits per heavy atom. The van der Waals surface area contributed by atoms with Crippen LogP contribution in [0.5, 0.6) is 0 Å². The fourth-order valence-electron chi connectivity index (χ4n) is 2.46. The Bertz CT molecular complexity index is 922. The third-order valence-corrected chi connectivity index (χ3v) is 4.93. The molecule has 0 saturated carbocycles. The average molecular weight is 345 g/mol. The Morgan fingerprint density at radius 2 is 1.96 bits per heavy atom. The van der Waals surface area contributed by atoms with E-state index in [1.807, 2.05) is 60.9 Å². The second-order valence-electron chi connectivity index (χ2n) is 5.41. The summed E-state index contributed by atoms with van der Waals surface area (Å²) in [6.45, 7) is 4.84. The number of rotatable bonds is 3. The van der Waals surface area contributed by atoms with E-state index >= 15 is 0 Å². The Kier molecular flexibility index (Phi) is 4.64. The number of fused-ring (bicyclic) bond motifs is 1. The molecular formula is C18H17ClN2OS. The van der Waals surface area contributed by atoms with Crippen molar-refractivity contribution in [2.75, 3.05) is 0 Å². The highest BCUT2D eigenvalue weighted by molar-refractivity contribution is 7.16. The predicted molar refractivity (Wildman–Crippen MR) is 96.0 cm³/mol. The summed E-state index contributed by atoms with van der Waals surface area (Å²) in [5, 5.41) is 0.694. The smallest absolute Gasteiger partial charge is 0.252 e. The molecule has 2 aromatic carbocycles. The third kappa shape index (κ3) is 3.54. The molecule has 1 heterocycles. The van der Waals surface area contributed by atoms with E-state index in [9.17, 15) is 4.79 Å². The van der Waals surface area contributed by atoms with Crippen molar-refractivity contribution >= 4 is 39.1 Å². The van der Waals surface area contributed by atoms with Gasteiger partial charge in [0.1, 0.15) is 0 Å². The van der Waals surface area contributed by atoms with Crippen LogP contribution in [-0.4, -0.2) is 10.5 Å². The van der Waals surface area contributed by atoms with Crippen LogP contribution in [0.4, 0.5) is 0 Å². The van der Waals surface area contributed by atoms with Gasteiger partial charge in [-0.2, -0.15) is 4.99 Å². The number of carbonyl (C=O) groups is 1. The van der Waals surface area contributed by atoms with Crippen molar-refractivity contribution < 1.29 is 4.79 Å². The molecule has 0 radical (unpaired) electrons. The number of aromatic nitrogens is 1. The molecule has 0 fully saturated rings. The molecule has 0 aliphatic heterocycles. The first-order valence-electron chi connectivity index (χ1n) is 7.49. The second kappa shape index (κ2) is 6.69. The Morgan fingerprint density at radius 3 is 2.65 bits per heavy atom. The second-order valence-corrected chi connectivity index (χ2v) is 6.85. The van der Waals surface area contributed by atoms with E-state index < -0.39 is 0 Å². The van der Waals surface area contributed by atoms with Gasteiger partial charge in [0.05, 0.1) is 16.6 Å². The van der Waals surface area contributed by atoms with Gasteiger partial charge in [-0.15, -0.1) is 0 Å². The lowest BCUT2D eigenvalue weighted by Gasteiger charge is -2.00. The van der Waals surface area contributed by atoms with Gasteiger partial charge in [0, 0.05) is 11.6 Å². The van der Waals surface area contributed by atoms with Crippen LogP contribution < -0.4 is 4.80 Å². The number of thiazole rings is 1. The summed E-state index contributed by atoms with van der Waals surface area (Å²) in [6, 6.07) is 13.7. The molecule has 0 aliphatic rings. The summed E-state index contributed by atoms with van der Waals surface area (Å²) >= 11 is 7.54. The van der Waals surface area contributed by atoms with Gasteiger partial charge in [-0.1, -0.05) is 52.8 Å². The predicted octanol–water partition coefficient (Wildman–Crippen LogP) is 4.35. The molecule has 0 aliphatic carbocycles. The third-order valence-electron chi connectivity index (χ3n) is 3.66. The SMILES string of the molecule is CCn1c(=NC(=O)Cc2ccc(C)cc2)sc2cc(Cl)ccc21. The van der Waals surface area contributed by atoms with Gasteiger partial charge in [0.2, 0.25) is 0 Å². The van der Waals surface area contributed by atoms with Gasteiger partial charge in [-0.3, -0.25) is 4.79 Å². The van der Waals surface area contributed by atoms with Crippen LogP contribution in [0.1, 0.15) is 18.1 Å². The molecule has 3 rings (SSSR count). The summed E-state index contributed by atoms with van der Waals surface area (Å²) < 4.78 is 3.09. The zero-order chi connectivity index (χ0) is 16.4. The van der Waals surface area contributed by atoms with Crippen LogP contribution in [0.25, 0.3) is 10.2 Å². The van der Waals surface area contributed by atoms with Gasteiger partial charge in [0.25, 0.3) is 5.91 Å². The van der Waals surface area contributed by atoms with Gasteiger partial charge < -0.3 is 4.57 Å². The van der Waals surface area contributed by atoms with Crippen LogP contribution in [0.3, 0.4) is 0 Å². The normalized spacial score (nSPS) is 12.0. The highest BCUT2D eigenvalue weighted by Gasteiger charge is 2.08. The number of aryl methyl sites for hydroxylation is 2. The Balaban J connectivity index is 1.96. The molecule has 0 atom stereocenters. The molecule has 23 heavy (non-hydrogen) atoms. The summed E-state index contributed by atoms with van der Waals surface area (Å²) in [7, 11) is 0. The lowest BCUT2D eigenvalue weighted by atomic mass is 10.1. The lowest BCUT2D eigenvalue weighted by Crippen LogP contribution is -2.16. The molecule has 1 aromatic heterocycles. The molecule has 0 bridgehead atoms. The fourth-order valence-corrected chi connectivity index (χ4v) is 3.85. The zero-order valence-corrected chi connectivity index (χ0v) is 14.6. The van der Waals surface area contributed by atoms with E-state index in [1.54, 1.807) is 0 Å². The topological polar surface area (TPSA) is 34.4 Å². The maximum Gasteiger partial charge on any atom is 0.252 e. The molecule has 5 heteroatoms. The van der Waals surface area contributed by atoms with Gasteiger partial charge in [-0.25, -0.2) is 0 Å². The van der Waals surface area contributed by atoms with Crippen molar-refractivity contribution in [3.05, 3.63) is 63.4 Å². The number of nitrogens with zero attached hydrogens (tertiary/aromatic N) is 2. The minimum absolute atomic E-state index is 0.131. The molecule has 1 amide bonds. The highest BCUT2D eigenvalue weighted by atomic mass is 35.5. The quantitative estimate of drug-likeness (QED) is 0.695. The molecule has 118 valence electrons. The zero-order valence-electron chi connectivity index (χ0n) is 13.0. The number of amides is 1. The summed E-state index contributed by atoms with van der Waals surface area (Å²) in [5.74, 6) is -0.131. The Hall–Kier alpha value is -1.91. The van der Waals surface area contributed by atoms with Crippen LogP contribution in [0.15, 0.2) is 47.5 Å². The fraction of sp³-hybridized carbons (Fsp3) is 0.222. The summed E-state index contributed by atoms with van der Waals surface area (Å²) in [6.07, 6.45) is 0.318. The van der Waals surface area contributed by atoms with E-state index in [0.29, 0.717) is 11.4 Å². The van der Waals surface area contributed by atoms with E-state index in [4.69, 9.17) is 11.6 Å². The van der Waals surface area contributed by atoms with Crippen molar-refractivity contribution in [3.8, 4) is 0 Å². The van der Waals surface area contributed by atoms with Gasteiger partial charge in [-0.05, 0) is 37.6 Å². The Labute approximate surface area is 143 Å². The highest BCUT2D eigenvalue weighted by Crippen LogP contribution is 2.21. The molecule has 3 nitrogen and oxygen atoms in total. The molecule has 0 unspecified atom stereocenters. The number of hydrogen-bond donors (Lipinski definition) is 0. The van der Waals surface area contributed by atoms with Crippen molar-refractivity contribution in [1.29, 1.82) is 0 Å². The molecule has 0 N–H and O–H groups in total. The number of halogens is 1. The van der Waals surface area contributed by atoms with Crippen molar-refractivity contribution in [2.45, 2.75) is 26.8 Å². The van der Waals surface area contributed by atoms with E-state index in [-0.39, 0.29) is 5.91 Å². The van der Waals surface area contributed by atoms with Crippen LogP contribution in [-0.2, 0) is 17.8 Å². The first-order valence-corrected chi connectivity index (χ1v) is 8.68. The minimum atomic E-state index is -0.131. The van der Waals surface area contributed by atoms with Crippen molar-refractivity contribution in [2.24, 2.45) is 4.99 Å². The molecule has 3 aromatic rings.